The fourth-order valence-electron chi connectivity index (χ4n) is 2.44. The van der Waals surface area contributed by atoms with Gasteiger partial charge in [0.1, 0.15) is 0 Å². The molecular formula is C12H19N3O. The summed E-state index contributed by atoms with van der Waals surface area (Å²) in [7, 11) is 0. The van der Waals surface area contributed by atoms with E-state index in [1.807, 2.05) is 12.1 Å². The molecule has 1 aromatic rings. The van der Waals surface area contributed by atoms with Crippen LogP contribution in [0, 0.1) is 5.92 Å². The molecule has 4 nitrogen and oxygen atoms in total. The molecule has 1 aromatic heterocycles. The van der Waals surface area contributed by atoms with Gasteiger partial charge in [0.15, 0.2) is 0 Å². The van der Waals surface area contributed by atoms with Crippen molar-refractivity contribution in [1.82, 2.24) is 4.68 Å². The maximum atomic E-state index is 12.1. The summed E-state index contributed by atoms with van der Waals surface area (Å²) in [4.78, 5) is 12.1. The first-order valence-corrected chi connectivity index (χ1v) is 5.83. The number of nitrogens with zero attached hydrogens (tertiary/aromatic N) is 1. The van der Waals surface area contributed by atoms with Gasteiger partial charge in [0.05, 0.1) is 5.54 Å². The fraction of sp³-hybridized carbons (Fsp3) is 0.583. The second-order valence-corrected chi connectivity index (χ2v) is 4.89. The molecule has 1 amide bonds. The van der Waals surface area contributed by atoms with Gasteiger partial charge in [-0.05, 0) is 30.9 Å². The number of carbonyl (C=O) groups is 1. The first-order valence-electron chi connectivity index (χ1n) is 5.83. The number of amides is 1. The van der Waals surface area contributed by atoms with E-state index in [9.17, 15) is 4.79 Å². The van der Waals surface area contributed by atoms with Crippen LogP contribution in [0.2, 0.25) is 0 Å². The number of nitrogens with two attached hydrogens (primary N) is 1. The average Bonchev–Trinajstić information content (AvgIpc) is 2.70. The van der Waals surface area contributed by atoms with Gasteiger partial charge in [0.2, 0.25) is 0 Å². The van der Waals surface area contributed by atoms with Crippen LogP contribution < -0.4 is 11.2 Å². The number of carbonyl (C=O) groups excluding carboxylic acids is 1. The second-order valence-electron chi connectivity index (χ2n) is 4.89. The number of nitrogens with one attached hydrogen (secondary N) is 1. The molecule has 0 spiro atoms. The molecular weight excluding hydrogens is 202 g/mol. The molecule has 2 atom stereocenters. The Morgan fingerprint density at radius 2 is 2.19 bits per heavy atom. The predicted octanol–water partition coefficient (Wildman–Crippen LogP) is 1.47. The van der Waals surface area contributed by atoms with E-state index >= 15 is 0 Å². The Kier molecular flexibility index (Phi) is 3.01. The lowest BCUT2D eigenvalue weighted by Crippen LogP contribution is -2.55. The number of hydrogen-bond acceptors (Lipinski definition) is 2. The summed E-state index contributed by atoms with van der Waals surface area (Å²) in [6.45, 7) is 2.16. The van der Waals surface area contributed by atoms with Crippen molar-refractivity contribution in [2.24, 2.45) is 11.7 Å². The standard InChI is InChI=1S/C12H19N3O/c1-10-5-4-6-12(13,9-10)11(16)14-15-7-2-3-8-15/h2-3,7-8,10H,4-6,9,13H2,1H3,(H,14,16). The second kappa shape index (κ2) is 4.29. The van der Waals surface area contributed by atoms with Crippen molar-refractivity contribution in [3.05, 3.63) is 24.5 Å². The van der Waals surface area contributed by atoms with Crippen LogP contribution in [0.1, 0.15) is 32.6 Å². The van der Waals surface area contributed by atoms with Gasteiger partial charge in [0, 0.05) is 12.4 Å². The molecule has 1 aliphatic rings. The molecule has 1 aliphatic carbocycles. The lowest BCUT2D eigenvalue weighted by molar-refractivity contribution is -0.123. The third-order valence-electron chi connectivity index (χ3n) is 3.32. The maximum absolute atomic E-state index is 12.1. The minimum absolute atomic E-state index is 0.0738. The summed E-state index contributed by atoms with van der Waals surface area (Å²) >= 11 is 0. The Bertz CT molecular complexity index is 360. The van der Waals surface area contributed by atoms with E-state index in [1.54, 1.807) is 17.1 Å². The van der Waals surface area contributed by atoms with Crippen molar-refractivity contribution in [2.75, 3.05) is 5.43 Å². The molecule has 1 fully saturated rings. The maximum Gasteiger partial charge on any atom is 0.258 e. The Hall–Kier alpha value is -1.29. The van der Waals surface area contributed by atoms with Gasteiger partial charge >= 0.3 is 0 Å². The Morgan fingerprint density at radius 1 is 1.50 bits per heavy atom. The summed E-state index contributed by atoms with van der Waals surface area (Å²) in [5, 5.41) is 0. The van der Waals surface area contributed by atoms with Crippen molar-refractivity contribution >= 4 is 5.91 Å². The molecule has 4 heteroatoms. The number of rotatable bonds is 2. The monoisotopic (exact) mass is 221 g/mol. The fourth-order valence-corrected chi connectivity index (χ4v) is 2.44. The first-order chi connectivity index (χ1) is 7.60. The van der Waals surface area contributed by atoms with Gasteiger partial charge in [-0.15, -0.1) is 0 Å². The molecule has 2 unspecified atom stereocenters. The molecule has 2 rings (SSSR count). The van der Waals surface area contributed by atoms with Gasteiger partial charge in [-0.3, -0.25) is 14.9 Å². The van der Waals surface area contributed by atoms with E-state index in [0.29, 0.717) is 5.92 Å². The largest absolute Gasteiger partial charge is 0.317 e. The quantitative estimate of drug-likeness (QED) is 0.794. The lowest BCUT2D eigenvalue weighted by atomic mass is 9.76. The van der Waals surface area contributed by atoms with Crippen molar-refractivity contribution in [3.63, 3.8) is 0 Å². The summed E-state index contributed by atoms with van der Waals surface area (Å²) < 4.78 is 1.65. The Labute approximate surface area is 95.8 Å². The zero-order valence-corrected chi connectivity index (χ0v) is 9.65. The third-order valence-corrected chi connectivity index (χ3v) is 3.32. The van der Waals surface area contributed by atoms with Crippen LogP contribution in [-0.2, 0) is 4.79 Å². The van der Waals surface area contributed by atoms with Crippen LogP contribution in [0.5, 0.6) is 0 Å². The molecule has 0 radical (unpaired) electrons. The molecule has 0 aromatic carbocycles. The summed E-state index contributed by atoms with van der Waals surface area (Å²) in [5.74, 6) is 0.462. The van der Waals surface area contributed by atoms with Gasteiger partial charge in [0.25, 0.3) is 5.91 Å². The van der Waals surface area contributed by atoms with E-state index in [4.69, 9.17) is 5.73 Å². The van der Waals surface area contributed by atoms with Crippen molar-refractivity contribution in [1.29, 1.82) is 0 Å². The van der Waals surface area contributed by atoms with Crippen LogP contribution in [0.4, 0.5) is 0 Å². The van der Waals surface area contributed by atoms with E-state index in [2.05, 4.69) is 12.3 Å². The minimum atomic E-state index is -0.693. The highest BCUT2D eigenvalue weighted by Crippen LogP contribution is 2.30. The number of hydrogen-bond donors (Lipinski definition) is 2. The number of aromatic nitrogens is 1. The molecule has 88 valence electrons. The van der Waals surface area contributed by atoms with Crippen LogP contribution in [0.25, 0.3) is 0 Å². The van der Waals surface area contributed by atoms with Crippen LogP contribution in [0.3, 0.4) is 0 Å². The van der Waals surface area contributed by atoms with Crippen LogP contribution in [0.15, 0.2) is 24.5 Å². The smallest absolute Gasteiger partial charge is 0.258 e. The van der Waals surface area contributed by atoms with Gasteiger partial charge in [-0.25, -0.2) is 0 Å². The highest BCUT2D eigenvalue weighted by molar-refractivity contribution is 5.92. The zero-order valence-electron chi connectivity index (χ0n) is 9.65. The minimum Gasteiger partial charge on any atom is -0.317 e. The van der Waals surface area contributed by atoms with Crippen LogP contribution >= 0.6 is 0 Å². The van der Waals surface area contributed by atoms with E-state index < -0.39 is 5.54 Å². The first kappa shape index (κ1) is 11.2. The molecule has 3 N–H and O–H groups in total. The van der Waals surface area contributed by atoms with Crippen molar-refractivity contribution in [3.8, 4) is 0 Å². The summed E-state index contributed by atoms with van der Waals surface area (Å²) in [6.07, 6.45) is 7.37. The molecule has 1 saturated carbocycles. The van der Waals surface area contributed by atoms with E-state index in [1.165, 1.54) is 6.42 Å². The molecule has 0 bridgehead atoms. The Morgan fingerprint density at radius 3 is 2.81 bits per heavy atom. The molecule has 1 heterocycles. The lowest BCUT2D eigenvalue weighted by Gasteiger charge is -2.35. The normalized spacial score (nSPS) is 30.0. The van der Waals surface area contributed by atoms with Gasteiger partial charge in [-0.1, -0.05) is 19.8 Å². The van der Waals surface area contributed by atoms with E-state index in [0.717, 1.165) is 19.3 Å². The van der Waals surface area contributed by atoms with Gasteiger partial charge in [-0.2, -0.15) is 0 Å². The summed E-state index contributed by atoms with van der Waals surface area (Å²) in [6, 6.07) is 3.74. The highest BCUT2D eigenvalue weighted by atomic mass is 16.2. The highest BCUT2D eigenvalue weighted by Gasteiger charge is 2.38. The topological polar surface area (TPSA) is 60.1 Å². The van der Waals surface area contributed by atoms with Crippen molar-refractivity contribution < 1.29 is 4.79 Å². The van der Waals surface area contributed by atoms with Crippen LogP contribution in [-0.4, -0.2) is 16.1 Å². The molecule has 0 saturated heterocycles. The SMILES string of the molecule is CC1CCCC(N)(C(=O)Nn2cccc2)C1. The van der Waals surface area contributed by atoms with E-state index in [-0.39, 0.29) is 5.91 Å². The van der Waals surface area contributed by atoms with Gasteiger partial charge < -0.3 is 5.73 Å². The predicted molar refractivity (Wildman–Crippen MR) is 63.4 cm³/mol. The van der Waals surface area contributed by atoms with Crippen molar-refractivity contribution in [2.45, 2.75) is 38.1 Å². The zero-order chi connectivity index (χ0) is 11.6. The molecule has 0 aliphatic heterocycles. The average molecular weight is 221 g/mol. The molecule has 16 heavy (non-hydrogen) atoms. The summed E-state index contributed by atoms with van der Waals surface area (Å²) in [5.41, 5.74) is 8.30. The Balaban J connectivity index is 2.02. The third kappa shape index (κ3) is 2.27.